The van der Waals surface area contributed by atoms with Crippen molar-refractivity contribution in [3.8, 4) is 0 Å². The van der Waals surface area contributed by atoms with Crippen LogP contribution in [0.3, 0.4) is 0 Å². The topological polar surface area (TPSA) is 23.5 Å². The highest BCUT2D eigenvalue weighted by Crippen LogP contribution is 2.38. The van der Waals surface area contributed by atoms with Gasteiger partial charge in [-0.25, -0.2) is 0 Å². The molecule has 1 unspecified atom stereocenters. The Morgan fingerprint density at radius 2 is 2.13 bits per heavy atom. The summed E-state index contributed by atoms with van der Waals surface area (Å²) < 4.78 is 0. The van der Waals surface area contributed by atoms with Crippen molar-refractivity contribution in [2.45, 2.75) is 31.8 Å². The molecule has 0 saturated carbocycles. The molecule has 0 spiro atoms. The lowest BCUT2D eigenvalue weighted by Gasteiger charge is -2.34. The van der Waals surface area contributed by atoms with Crippen LogP contribution in [-0.4, -0.2) is 18.2 Å². The minimum Gasteiger partial charge on any atom is -0.388 e. The van der Waals surface area contributed by atoms with E-state index in [1.54, 1.807) is 0 Å². The summed E-state index contributed by atoms with van der Waals surface area (Å²) in [7, 11) is 0. The number of aryl methyl sites for hydroxylation is 1. The van der Waals surface area contributed by atoms with Crippen LogP contribution in [-0.2, 0) is 6.42 Å². The van der Waals surface area contributed by atoms with Gasteiger partial charge < -0.3 is 10.0 Å². The molecule has 1 N–H and O–H groups in total. The molecule has 0 fully saturated rings. The Morgan fingerprint density at radius 3 is 3.07 bits per heavy atom. The first-order valence-electron chi connectivity index (χ1n) is 5.91. The number of rotatable bonds is 0. The van der Waals surface area contributed by atoms with Gasteiger partial charge in [-0.05, 0) is 31.2 Å². The van der Waals surface area contributed by atoms with E-state index in [0.29, 0.717) is 0 Å². The van der Waals surface area contributed by atoms with E-state index < -0.39 is 0 Å². The van der Waals surface area contributed by atoms with Gasteiger partial charge >= 0.3 is 0 Å². The maximum absolute atomic E-state index is 9.99. The van der Waals surface area contributed by atoms with Gasteiger partial charge in [0.05, 0.1) is 6.10 Å². The molecule has 0 radical (unpaired) electrons. The van der Waals surface area contributed by atoms with Gasteiger partial charge in [-0.2, -0.15) is 0 Å². The number of anilines is 1. The first-order chi connectivity index (χ1) is 7.36. The van der Waals surface area contributed by atoms with Crippen LogP contribution in [0.15, 0.2) is 18.2 Å². The predicted molar refractivity (Wildman–Crippen MR) is 61.2 cm³/mol. The molecule has 1 aromatic rings. The molecule has 1 atom stereocenters. The van der Waals surface area contributed by atoms with Crippen molar-refractivity contribution < 1.29 is 5.11 Å². The molecule has 1 aromatic carbocycles. The zero-order valence-corrected chi connectivity index (χ0v) is 8.95. The number of nitrogens with zero attached hydrogens (tertiary/aromatic N) is 1. The first kappa shape index (κ1) is 9.22. The Bertz CT molecular complexity index is 375. The highest BCUT2D eigenvalue weighted by Gasteiger charge is 2.26. The zero-order valence-electron chi connectivity index (χ0n) is 8.95. The fourth-order valence-corrected chi connectivity index (χ4v) is 2.85. The largest absolute Gasteiger partial charge is 0.388 e. The van der Waals surface area contributed by atoms with Crippen LogP contribution in [0.25, 0.3) is 0 Å². The summed E-state index contributed by atoms with van der Waals surface area (Å²) in [4.78, 5) is 2.46. The van der Waals surface area contributed by atoms with Gasteiger partial charge in [0, 0.05) is 24.3 Å². The fraction of sp³-hybridized carbons (Fsp3) is 0.538. The highest BCUT2D eigenvalue weighted by molar-refractivity contribution is 5.62. The van der Waals surface area contributed by atoms with Crippen LogP contribution >= 0.6 is 0 Å². The van der Waals surface area contributed by atoms with Crippen molar-refractivity contribution in [1.82, 2.24) is 0 Å². The zero-order chi connectivity index (χ0) is 10.3. The monoisotopic (exact) mass is 203 g/mol. The van der Waals surface area contributed by atoms with Crippen LogP contribution in [0.1, 0.15) is 36.5 Å². The maximum atomic E-state index is 9.99. The number of hydrogen-bond acceptors (Lipinski definition) is 2. The normalized spacial score (nSPS) is 24.6. The Labute approximate surface area is 90.5 Å². The van der Waals surface area contributed by atoms with Crippen LogP contribution in [0, 0.1) is 0 Å². The van der Waals surface area contributed by atoms with Crippen LogP contribution < -0.4 is 4.90 Å². The second-order valence-electron chi connectivity index (χ2n) is 4.60. The maximum Gasteiger partial charge on any atom is 0.0827 e. The summed E-state index contributed by atoms with van der Waals surface area (Å²) in [6.07, 6.45) is 4.38. The lowest BCUT2D eigenvalue weighted by molar-refractivity contribution is 0.164. The average molecular weight is 203 g/mol. The van der Waals surface area contributed by atoms with E-state index in [9.17, 15) is 5.11 Å². The van der Waals surface area contributed by atoms with Crippen molar-refractivity contribution in [2.24, 2.45) is 0 Å². The molecule has 2 aliphatic heterocycles. The summed E-state index contributed by atoms with van der Waals surface area (Å²) in [6, 6.07) is 6.39. The van der Waals surface area contributed by atoms with E-state index >= 15 is 0 Å². The average Bonchev–Trinajstić information content (AvgIpc) is 2.47. The van der Waals surface area contributed by atoms with Crippen molar-refractivity contribution in [1.29, 1.82) is 0 Å². The van der Waals surface area contributed by atoms with Gasteiger partial charge in [0.2, 0.25) is 0 Å². The number of aliphatic hydroxyl groups is 1. The molecule has 0 aliphatic carbocycles. The Kier molecular flexibility index (Phi) is 2.17. The molecular weight excluding hydrogens is 186 g/mol. The second kappa shape index (κ2) is 3.53. The summed E-state index contributed by atoms with van der Waals surface area (Å²) in [5.41, 5.74) is 3.93. The highest BCUT2D eigenvalue weighted by atomic mass is 16.3. The molecule has 3 rings (SSSR count). The Balaban J connectivity index is 2.15. The number of para-hydroxylation sites is 1. The molecule has 0 saturated heterocycles. The molecule has 2 heteroatoms. The Hall–Kier alpha value is -1.02. The van der Waals surface area contributed by atoms with Crippen molar-refractivity contribution in [3.63, 3.8) is 0 Å². The fourth-order valence-electron chi connectivity index (χ4n) is 2.85. The number of aliphatic hydroxyl groups excluding tert-OH is 1. The molecule has 0 amide bonds. The smallest absolute Gasteiger partial charge is 0.0827 e. The molecule has 2 heterocycles. The van der Waals surface area contributed by atoms with E-state index in [4.69, 9.17) is 0 Å². The lowest BCUT2D eigenvalue weighted by Crippen LogP contribution is -2.31. The minimum absolute atomic E-state index is 0.241. The van der Waals surface area contributed by atoms with Gasteiger partial charge in [-0.1, -0.05) is 18.2 Å². The van der Waals surface area contributed by atoms with Gasteiger partial charge in [0.25, 0.3) is 0 Å². The molecule has 0 aromatic heterocycles. The van der Waals surface area contributed by atoms with E-state index in [1.807, 2.05) is 0 Å². The third kappa shape index (κ3) is 1.44. The summed E-state index contributed by atoms with van der Waals surface area (Å²) in [6.45, 7) is 2.18. The van der Waals surface area contributed by atoms with Gasteiger partial charge in [-0.15, -0.1) is 0 Å². The first-order valence-corrected chi connectivity index (χ1v) is 5.91. The van der Waals surface area contributed by atoms with Crippen LogP contribution in [0.4, 0.5) is 5.69 Å². The van der Waals surface area contributed by atoms with Crippen LogP contribution in [0.2, 0.25) is 0 Å². The van der Waals surface area contributed by atoms with Crippen LogP contribution in [0.5, 0.6) is 0 Å². The minimum atomic E-state index is -0.241. The molecule has 80 valence electrons. The SMILES string of the molecule is OC1CCN2CCCCc3cccc1c32. The van der Waals surface area contributed by atoms with Crippen molar-refractivity contribution >= 4 is 5.69 Å². The second-order valence-corrected chi connectivity index (χ2v) is 4.60. The van der Waals surface area contributed by atoms with Gasteiger partial charge in [0.1, 0.15) is 0 Å². The molecule has 0 bridgehead atoms. The molecule has 15 heavy (non-hydrogen) atoms. The van der Waals surface area contributed by atoms with E-state index in [-0.39, 0.29) is 6.10 Å². The predicted octanol–water partition coefficient (Wildman–Crippen LogP) is 2.27. The third-order valence-corrected chi connectivity index (χ3v) is 3.62. The molecular formula is C13H17NO. The van der Waals surface area contributed by atoms with E-state index in [0.717, 1.165) is 25.1 Å². The number of hydrogen-bond donors (Lipinski definition) is 1. The summed E-state index contributed by atoms with van der Waals surface area (Å²) >= 11 is 0. The van der Waals surface area contributed by atoms with Gasteiger partial charge in [0.15, 0.2) is 0 Å². The molecule has 2 aliphatic rings. The lowest BCUT2D eigenvalue weighted by atomic mass is 9.95. The quantitative estimate of drug-likeness (QED) is 0.699. The van der Waals surface area contributed by atoms with Gasteiger partial charge in [-0.3, -0.25) is 0 Å². The third-order valence-electron chi connectivity index (χ3n) is 3.62. The summed E-state index contributed by atoms with van der Waals surface area (Å²) in [5.74, 6) is 0. The number of benzene rings is 1. The Morgan fingerprint density at radius 1 is 1.20 bits per heavy atom. The molecule has 2 nitrogen and oxygen atoms in total. The van der Waals surface area contributed by atoms with E-state index in [2.05, 4.69) is 23.1 Å². The van der Waals surface area contributed by atoms with Crippen molar-refractivity contribution in [2.75, 3.05) is 18.0 Å². The van der Waals surface area contributed by atoms with E-state index in [1.165, 1.54) is 30.5 Å². The standard InChI is InChI=1S/C13H17NO/c15-12-7-9-14-8-2-1-4-10-5-3-6-11(12)13(10)14/h3,5-6,12,15H,1-2,4,7-9H2. The summed E-state index contributed by atoms with van der Waals surface area (Å²) in [5, 5.41) is 9.99. The van der Waals surface area contributed by atoms with Crippen molar-refractivity contribution in [3.05, 3.63) is 29.3 Å².